The molecule has 0 saturated heterocycles. The Labute approximate surface area is 120 Å². The van der Waals surface area contributed by atoms with Gasteiger partial charge in [0.2, 0.25) is 0 Å². The van der Waals surface area contributed by atoms with Gasteiger partial charge in [-0.05, 0) is 36.0 Å². The summed E-state index contributed by atoms with van der Waals surface area (Å²) in [4.78, 5) is 12.8. The number of hydrogen-bond acceptors (Lipinski definition) is 1. The molecule has 0 heterocycles. The molecule has 0 spiro atoms. The minimum Gasteiger partial charge on any atom is -0.289 e. The minimum absolute atomic E-state index is 0.217. The number of carbonyl (C=O) groups is 1. The Kier molecular flexibility index (Phi) is 3.68. The first-order valence-electron chi connectivity index (χ1n) is 7.54. The van der Waals surface area contributed by atoms with E-state index < -0.39 is 0 Å². The average Bonchev–Trinajstić information content (AvgIpc) is 2.48. The highest BCUT2D eigenvalue weighted by atomic mass is 16.1. The highest BCUT2D eigenvalue weighted by Crippen LogP contribution is 2.30. The number of unbranched alkanes of at least 4 members (excludes halogenated alkanes) is 2. The lowest BCUT2D eigenvalue weighted by atomic mass is 9.82. The highest BCUT2D eigenvalue weighted by molar-refractivity contribution is 6.13. The molecular weight excluding hydrogens is 244 g/mol. The van der Waals surface area contributed by atoms with E-state index in [1.165, 1.54) is 30.4 Å². The molecule has 0 unspecified atom stereocenters. The molecular formula is C19H20O. The van der Waals surface area contributed by atoms with E-state index in [0.29, 0.717) is 0 Å². The fourth-order valence-electron chi connectivity index (χ4n) is 3.10. The third kappa shape index (κ3) is 2.29. The lowest BCUT2D eigenvalue weighted by molar-refractivity contribution is 0.103. The first kappa shape index (κ1) is 13.1. The number of carbonyl (C=O) groups excluding carboxylic acids is 1. The third-order valence-electron chi connectivity index (χ3n) is 4.16. The van der Waals surface area contributed by atoms with Gasteiger partial charge in [0.05, 0.1) is 0 Å². The molecule has 1 heteroatoms. The third-order valence-corrected chi connectivity index (χ3v) is 4.16. The molecule has 102 valence electrons. The van der Waals surface area contributed by atoms with Crippen molar-refractivity contribution in [1.29, 1.82) is 0 Å². The smallest absolute Gasteiger partial charge is 0.193 e. The number of ketones is 1. The monoisotopic (exact) mass is 264 g/mol. The fourth-order valence-corrected chi connectivity index (χ4v) is 3.10. The van der Waals surface area contributed by atoms with Crippen molar-refractivity contribution in [2.45, 2.75) is 39.0 Å². The van der Waals surface area contributed by atoms with Gasteiger partial charge in [-0.3, -0.25) is 4.79 Å². The van der Waals surface area contributed by atoms with E-state index in [4.69, 9.17) is 0 Å². The zero-order chi connectivity index (χ0) is 13.9. The molecule has 2 aromatic carbocycles. The summed E-state index contributed by atoms with van der Waals surface area (Å²) in [5, 5.41) is 0. The van der Waals surface area contributed by atoms with E-state index in [1.807, 2.05) is 18.2 Å². The van der Waals surface area contributed by atoms with Crippen LogP contribution in [-0.2, 0) is 12.8 Å². The van der Waals surface area contributed by atoms with Gasteiger partial charge in [0.15, 0.2) is 5.78 Å². The maximum absolute atomic E-state index is 12.8. The van der Waals surface area contributed by atoms with Crippen LogP contribution in [0.15, 0.2) is 42.5 Å². The van der Waals surface area contributed by atoms with Crippen molar-refractivity contribution in [2.75, 3.05) is 0 Å². The molecule has 20 heavy (non-hydrogen) atoms. The lowest BCUT2D eigenvalue weighted by Crippen LogP contribution is -2.17. The largest absolute Gasteiger partial charge is 0.289 e. The first-order chi connectivity index (χ1) is 9.81. The maximum atomic E-state index is 12.8. The van der Waals surface area contributed by atoms with Crippen molar-refractivity contribution < 1.29 is 4.79 Å². The predicted molar refractivity (Wildman–Crippen MR) is 82.4 cm³/mol. The van der Waals surface area contributed by atoms with E-state index in [2.05, 4.69) is 31.2 Å². The van der Waals surface area contributed by atoms with Crippen molar-refractivity contribution in [3.63, 3.8) is 0 Å². The van der Waals surface area contributed by atoms with Gasteiger partial charge in [0.25, 0.3) is 0 Å². The fraction of sp³-hybridized carbons (Fsp3) is 0.316. The summed E-state index contributed by atoms with van der Waals surface area (Å²) in [6.45, 7) is 2.21. The number of hydrogen-bond donors (Lipinski definition) is 0. The summed E-state index contributed by atoms with van der Waals surface area (Å²) >= 11 is 0. The van der Waals surface area contributed by atoms with Crippen LogP contribution in [0.2, 0.25) is 0 Å². The molecule has 0 aromatic heterocycles. The van der Waals surface area contributed by atoms with Gasteiger partial charge in [0.1, 0.15) is 0 Å². The highest BCUT2D eigenvalue weighted by Gasteiger charge is 2.24. The van der Waals surface area contributed by atoms with E-state index >= 15 is 0 Å². The van der Waals surface area contributed by atoms with Crippen molar-refractivity contribution in [2.24, 2.45) is 0 Å². The first-order valence-corrected chi connectivity index (χ1v) is 7.54. The number of aryl methyl sites for hydroxylation is 1. The molecule has 1 aliphatic rings. The van der Waals surface area contributed by atoms with Crippen LogP contribution in [0.4, 0.5) is 0 Å². The molecule has 0 aliphatic heterocycles. The van der Waals surface area contributed by atoms with Crippen molar-refractivity contribution >= 4 is 5.78 Å². The summed E-state index contributed by atoms with van der Waals surface area (Å²) in [7, 11) is 0. The van der Waals surface area contributed by atoms with Crippen LogP contribution in [-0.4, -0.2) is 5.78 Å². The molecule has 0 fully saturated rings. The summed E-state index contributed by atoms with van der Waals surface area (Å²) in [5.41, 5.74) is 5.46. The van der Waals surface area contributed by atoms with Crippen LogP contribution >= 0.6 is 0 Å². The maximum Gasteiger partial charge on any atom is 0.193 e. The molecule has 0 radical (unpaired) electrons. The zero-order valence-corrected chi connectivity index (χ0v) is 12.0. The van der Waals surface area contributed by atoms with Crippen LogP contribution in [0.1, 0.15) is 58.8 Å². The topological polar surface area (TPSA) is 17.1 Å². The van der Waals surface area contributed by atoms with E-state index in [1.54, 1.807) is 0 Å². The standard InChI is InChI=1S/C19H20O/c1-2-3-4-8-14-10-7-11-16-13-15-9-5-6-12-17(15)19(20)18(14)16/h5-7,9-12H,2-4,8,13H2,1H3. The van der Waals surface area contributed by atoms with Crippen LogP contribution in [0.25, 0.3) is 0 Å². The van der Waals surface area contributed by atoms with Crippen molar-refractivity contribution in [3.05, 3.63) is 70.3 Å². The van der Waals surface area contributed by atoms with Gasteiger partial charge >= 0.3 is 0 Å². The lowest BCUT2D eigenvalue weighted by Gasteiger charge is -2.21. The van der Waals surface area contributed by atoms with Gasteiger partial charge in [-0.2, -0.15) is 0 Å². The molecule has 0 amide bonds. The summed E-state index contributed by atoms with van der Waals surface area (Å²) in [5.74, 6) is 0.217. The normalized spacial score (nSPS) is 12.9. The van der Waals surface area contributed by atoms with E-state index in [-0.39, 0.29) is 5.78 Å². The van der Waals surface area contributed by atoms with E-state index in [0.717, 1.165) is 29.5 Å². The van der Waals surface area contributed by atoms with Crippen LogP contribution in [0, 0.1) is 0 Å². The molecule has 0 atom stereocenters. The number of benzene rings is 2. The van der Waals surface area contributed by atoms with Gasteiger partial charge in [0, 0.05) is 11.1 Å². The second-order valence-corrected chi connectivity index (χ2v) is 5.57. The molecule has 3 rings (SSSR count). The minimum atomic E-state index is 0.217. The Morgan fingerprint density at radius 1 is 0.950 bits per heavy atom. The molecule has 0 N–H and O–H groups in total. The summed E-state index contributed by atoms with van der Waals surface area (Å²) in [6.07, 6.45) is 5.52. The number of fused-ring (bicyclic) bond motifs is 2. The van der Waals surface area contributed by atoms with Gasteiger partial charge in [-0.15, -0.1) is 0 Å². The summed E-state index contributed by atoms with van der Waals surface area (Å²) in [6, 6.07) is 14.3. The van der Waals surface area contributed by atoms with E-state index in [9.17, 15) is 4.79 Å². The second-order valence-electron chi connectivity index (χ2n) is 5.57. The Bertz CT molecular complexity index is 640. The van der Waals surface area contributed by atoms with Gasteiger partial charge < -0.3 is 0 Å². The van der Waals surface area contributed by atoms with Gasteiger partial charge in [-0.1, -0.05) is 62.2 Å². The quantitative estimate of drug-likeness (QED) is 0.632. The Hall–Kier alpha value is -1.89. The molecule has 0 bridgehead atoms. The second kappa shape index (κ2) is 5.62. The average molecular weight is 264 g/mol. The van der Waals surface area contributed by atoms with Crippen molar-refractivity contribution in [1.82, 2.24) is 0 Å². The Morgan fingerprint density at radius 2 is 1.75 bits per heavy atom. The molecule has 2 aromatic rings. The predicted octanol–water partition coefficient (Wildman–Crippen LogP) is 4.55. The number of rotatable bonds is 4. The van der Waals surface area contributed by atoms with Gasteiger partial charge in [-0.25, -0.2) is 0 Å². The van der Waals surface area contributed by atoms with Crippen LogP contribution in [0.3, 0.4) is 0 Å². The Balaban J connectivity index is 1.98. The molecule has 0 saturated carbocycles. The summed E-state index contributed by atoms with van der Waals surface area (Å²) < 4.78 is 0. The Morgan fingerprint density at radius 3 is 2.60 bits per heavy atom. The zero-order valence-electron chi connectivity index (χ0n) is 12.0. The van der Waals surface area contributed by atoms with Crippen LogP contribution < -0.4 is 0 Å². The SMILES string of the molecule is CCCCCc1cccc2c1C(=O)c1ccccc1C2. The van der Waals surface area contributed by atoms with Crippen LogP contribution in [0.5, 0.6) is 0 Å². The molecule has 1 aliphatic carbocycles. The van der Waals surface area contributed by atoms with Crippen molar-refractivity contribution in [3.8, 4) is 0 Å². The molecule has 1 nitrogen and oxygen atoms in total.